The molecule has 0 bridgehead atoms. The minimum Gasteiger partial charge on any atom is -0.449 e. The molecule has 0 spiro atoms. The standard InChI is InChI=1S/C21H22N2O2/c1-4-15-5-7-16(8-6-15)11-20-21(24)23(13-14(2)3)18-10-9-17(22)12-19(18)25-20/h5-12H,2,4,13,22H2,1,3H3/b20-11+. The van der Waals surface area contributed by atoms with Crippen molar-refractivity contribution in [1.29, 1.82) is 0 Å². The van der Waals surface area contributed by atoms with Gasteiger partial charge < -0.3 is 10.5 Å². The molecule has 3 rings (SSSR count). The number of amides is 1. The molecule has 2 N–H and O–H groups in total. The first-order valence-electron chi connectivity index (χ1n) is 8.32. The van der Waals surface area contributed by atoms with Crippen LogP contribution in [0.4, 0.5) is 11.4 Å². The van der Waals surface area contributed by atoms with Crippen LogP contribution in [-0.2, 0) is 11.2 Å². The third-order valence-electron chi connectivity index (χ3n) is 4.06. The minimum absolute atomic E-state index is 0.181. The highest BCUT2D eigenvalue weighted by atomic mass is 16.5. The van der Waals surface area contributed by atoms with Crippen LogP contribution in [0, 0.1) is 0 Å². The van der Waals surface area contributed by atoms with E-state index in [1.807, 2.05) is 19.1 Å². The third kappa shape index (κ3) is 3.58. The maximum absolute atomic E-state index is 12.9. The Morgan fingerprint density at radius 1 is 1.24 bits per heavy atom. The van der Waals surface area contributed by atoms with Crippen LogP contribution in [-0.4, -0.2) is 12.5 Å². The van der Waals surface area contributed by atoms with Gasteiger partial charge in [-0.3, -0.25) is 9.69 Å². The van der Waals surface area contributed by atoms with Crippen molar-refractivity contribution in [2.45, 2.75) is 20.3 Å². The zero-order valence-corrected chi connectivity index (χ0v) is 14.6. The topological polar surface area (TPSA) is 55.6 Å². The molecule has 2 aromatic rings. The Bertz CT molecular complexity index is 851. The predicted molar refractivity (Wildman–Crippen MR) is 102 cm³/mol. The highest BCUT2D eigenvalue weighted by molar-refractivity contribution is 6.10. The molecule has 0 saturated carbocycles. The van der Waals surface area contributed by atoms with Crippen LogP contribution in [0.25, 0.3) is 6.08 Å². The Kier molecular flexibility index (Phi) is 4.61. The number of anilines is 2. The highest BCUT2D eigenvalue weighted by Gasteiger charge is 2.30. The van der Waals surface area contributed by atoms with E-state index in [1.165, 1.54) is 5.56 Å². The first kappa shape index (κ1) is 16.8. The molecule has 4 nitrogen and oxygen atoms in total. The molecular weight excluding hydrogens is 312 g/mol. The molecule has 1 heterocycles. The zero-order chi connectivity index (χ0) is 18.0. The number of fused-ring (bicyclic) bond motifs is 1. The van der Waals surface area contributed by atoms with Gasteiger partial charge in [0.25, 0.3) is 5.91 Å². The Morgan fingerprint density at radius 2 is 1.96 bits per heavy atom. The SMILES string of the molecule is C=C(C)CN1C(=O)/C(=C\c2ccc(CC)cc2)Oc2cc(N)ccc21. The van der Waals surface area contributed by atoms with Crippen LogP contribution in [0.2, 0.25) is 0 Å². The number of nitrogen functional groups attached to an aromatic ring is 1. The van der Waals surface area contributed by atoms with Crippen molar-refractivity contribution in [3.05, 3.63) is 71.5 Å². The molecule has 0 unspecified atom stereocenters. The lowest BCUT2D eigenvalue weighted by atomic mass is 10.1. The molecule has 1 aliphatic heterocycles. The van der Waals surface area contributed by atoms with Gasteiger partial charge in [-0.15, -0.1) is 0 Å². The number of hydrogen-bond acceptors (Lipinski definition) is 3. The van der Waals surface area contributed by atoms with E-state index < -0.39 is 0 Å². The third-order valence-corrected chi connectivity index (χ3v) is 4.06. The maximum Gasteiger partial charge on any atom is 0.294 e. The van der Waals surface area contributed by atoms with Crippen molar-refractivity contribution < 1.29 is 9.53 Å². The van der Waals surface area contributed by atoms with Gasteiger partial charge in [-0.1, -0.05) is 43.3 Å². The lowest BCUT2D eigenvalue weighted by molar-refractivity contribution is -0.117. The van der Waals surface area contributed by atoms with Gasteiger partial charge in [0.05, 0.1) is 5.69 Å². The molecule has 0 radical (unpaired) electrons. The minimum atomic E-state index is -0.181. The monoisotopic (exact) mass is 334 g/mol. The molecule has 1 amide bonds. The van der Waals surface area contributed by atoms with E-state index in [4.69, 9.17) is 10.5 Å². The maximum atomic E-state index is 12.9. The summed E-state index contributed by atoms with van der Waals surface area (Å²) < 4.78 is 5.86. The number of nitrogens with two attached hydrogens (primary N) is 1. The van der Waals surface area contributed by atoms with E-state index in [0.29, 0.717) is 23.7 Å². The second-order valence-electron chi connectivity index (χ2n) is 6.28. The summed E-state index contributed by atoms with van der Waals surface area (Å²) in [6, 6.07) is 13.4. The van der Waals surface area contributed by atoms with E-state index in [-0.39, 0.29) is 11.7 Å². The van der Waals surface area contributed by atoms with E-state index in [0.717, 1.165) is 17.6 Å². The summed E-state index contributed by atoms with van der Waals surface area (Å²) in [5.74, 6) is 0.681. The number of benzene rings is 2. The highest BCUT2D eigenvalue weighted by Crippen LogP contribution is 2.37. The summed E-state index contributed by atoms with van der Waals surface area (Å²) in [4.78, 5) is 14.6. The van der Waals surface area contributed by atoms with Gasteiger partial charge in [0.1, 0.15) is 0 Å². The largest absolute Gasteiger partial charge is 0.449 e. The Hall–Kier alpha value is -3.01. The van der Waals surface area contributed by atoms with Crippen molar-refractivity contribution in [3.8, 4) is 5.75 Å². The van der Waals surface area contributed by atoms with Gasteiger partial charge in [0, 0.05) is 18.3 Å². The number of nitrogens with zero attached hydrogens (tertiary/aromatic N) is 1. The van der Waals surface area contributed by atoms with Crippen molar-refractivity contribution in [2.75, 3.05) is 17.2 Å². The molecule has 2 aromatic carbocycles. The van der Waals surface area contributed by atoms with Crippen molar-refractivity contribution >= 4 is 23.4 Å². The second-order valence-corrected chi connectivity index (χ2v) is 6.28. The van der Waals surface area contributed by atoms with Crippen LogP contribution >= 0.6 is 0 Å². The Balaban J connectivity index is 2.01. The molecule has 0 aliphatic carbocycles. The molecule has 1 aliphatic rings. The fraction of sp³-hybridized carbons (Fsp3) is 0.190. The molecule has 4 heteroatoms. The van der Waals surface area contributed by atoms with Crippen LogP contribution in [0.1, 0.15) is 25.0 Å². The molecule has 0 aromatic heterocycles. The van der Waals surface area contributed by atoms with Gasteiger partial charge in [-0.2, -0.15) is 0 Å². The first-order chi connectivity index (χ1) is 12.0. The van der Waals surface area contributed by atoms with Crippen LogP contribution < -0.4 is 15.4 Å². The zero-order valence-electron chi connectivity index (χ0n) is 14.6. The molecule has 0 atom stereocenters. The summed E-state index contributed by atoms with van der Waals surface area (Å²) in [6.07, 6.45) is 2.74. The van der Waals surface area contributed by atoms with E-state index >= 15 is 0 Å². The van der Waals surface area contributed by atoms with Crippen molar-refractivity contribution in [3.63, 3.8) is 0 Å². The van der Waals surface area contributed by atoms with Gasteiger partial charge in [-0.05, 0) is 42.7 Å². The number of carbonyl (C=O) groups excluding carboxylic acids is 1. The van der Waals surface area contributed by atoms with Gasteiger partial charge in [0.15, 0.2) is 11.5 Å². The average molecular weight is 334 g/mol. The van der Waals surface area contributed by atoms with Crippen molar-refractivity contribution in [2.24, 2.45) is 0 Å². The fourth-order valence-electron chi connectivity index (χ4n) is 2.76. The lowest BCUT2D eigenvalue weighted by Gasteiger charge is -2.30. The Labute approximate surface area is 148 Å². The molecule has 25 heavy (non-hydrogen) atoms. The van der Waals surface area contributed by atoms with E-state index in [2.05, 4.69) is 25.6 Å². The Morgan fingerprint density at radius 3 is 2.60 bits per heavy atom. The summed E-state index contributed by atoms with van der Waals surface area (Å²) >= 11 is 0. The fourth-order valence-corrected chi connectivity index (χ4v) is 2.76. The van der Waals surface area contributed by atoms with E-state index in [1.54, 1.807) is 29.2 Å². The average Bonchev–Trinajstić information content (AvgIpc) is 2.59. The number of rotatable bonds is 4. The predicted octanol–water partition coefficient (Wildman–Crippen LogP) is 4.17. The van der Waals surface area contributed by atoms with Crippen LogP contribution in [0.5, 0.6) is 5.75 Å². The quantitative estimate of drug-likeness (QED) is 0.518. The lowest BCUT2D eigenvalue weighted by Crippen LogP contribution is -2.38. The molecular formula is C21H22N2O2. The summed E-state index contributed by atoms with van der Waals surface area (Å²) in [7, 11) is 0. The molecule has 128 valence electrons. The smallest absolute Gasteiger partial charge is 0.294 e. The van der Waals surface area contributed by atoms with Crippen LogP contribution in [0.15, 0.2) is 60.4 Å². The molecule has 0 saturated heterocycles. The number of carbonyl (C=O) groups is 1. The number of aryl methyl sites for hydroxylation is 1. The van der Waals surface area contributed by atoms with Crippen molar-refractivity contribution in [1.82, 2.24) is 0 Å². The van der Waals surface area contributed by atoms with Gasteiger partial charge in [-0.25, -0.2) is 0 Å². The normalized spacial score (nSPS) is 15.0. The summed E-state index contributed by atoms with van der Waals surface area (Å²) in [6.45, 7) is 8.36. The molecule has 0 fully saturated rings. The number of hydrogen-bond donors (Lipinski definition) is 1. The second kappa shape index (κ2) is 6.85. The number of ether oxygens (including phenoxy) is 1. The first-order valence-corrected chi connectivity index (χ1v) is 8.32. The van der Waals surface area contributed by atoms with Crippen LogP contribution in [0.3, 0.4) is 0 Å². The van der Waals surface area contributed by atoms with Gasteiger partial charge >= 0.3 is 0 Å². The van der Waals surface area contributed by atoms with Gasteiger partial charge in [0.2, 0.25) is 0 Å². The summed E-state index contributed by atoms with van der Waals surface area (Å²) in [5.41, 5.74) is 10.2. The summed E-state index contributed by atoms with van der Waals surface area (Å²) in [5, 5.41) is 0. The van der Waals surface area contributed by atoms with E-state index in [9.17, 15) is 4.79 Å².